The van der Waals surface area contributed by atoms with E-state index in [0.29, 0.717) is 19.0 Å². The van der Waals surface area contributed by atoms with E-state index in [1.807, 2.05) is 4.90 Å². The Morgan fingerprint density at radius 2 is 1.82 bits per heavy atom. The molecule has 0 aromatic rings. The Balaban J connectivity index is 0.00000220. The summed E-state index contributed by atoms with van der Waals surface area (Å²) in [7, 11) is 1.62. The van der Waals surface area contributed by atoms with E-state index in [1.54, 1.807) is 7.11 Å². The van der Waals surface area contributed by atoms with Crippen LogP contribution in [0.15, 0.2) is 0 Å². The topological polar surface area (TPSA) is 58.8 Å². The molecule has 2 fully saturated rings. The van der Waals surface area contributed by atoms with Crippen LogP contribution in [-0.4, -0.2) is 67.7 Å². The predicted molar refractivity (Wildman–Crippen MR) is 94.0 cm³/mol. The van der Waals surface area contributed by atoms with Gasteiger partial charge in [0.1, 0.15) is 0 Å². The van der Waals surface area contributed by atoms with Crippen molar-refractivity contribution in [2.45, 2.75) is 50.7 Å². The molecule has 2 N–H and O–H groups in total. The van der Waals surface area contributed by atoms with Crippen molar-refractivity contribution >= 4 is 30.7 Å². The summed E-state index contributed by atoms with van der Waals surface area (Å²) in [6.45, 7) is 4.69. The maximum atomic E-state index is 12.3. The van der Waals surface area contributed by atoms with Gasteiger partial charge in [-0.3, -0.25) is 4.79 Å². The van der Waals surface area contributed by atoms with Crippen molar-refractivity contribution in [1.82, 2.24) is 9.80 Å². The normalized spacial score (nSPS) is 24.1. The Labute approximate surface area is 146 Å². The highest BCUT2D eigenvalue weighted by atomic mass is 35.5. The first-order chi connectivity index (χ1) is 9.74. The van der Waals surface area contributed by atoms with E-state index in [2.05, 4.69) is 4.90 Å². The van der Waals surface area contributed by atoms with Gasteiger partial charge in [0.05, 0.1) is 12.5 Å². The van der Waals surface area contributed by atoms with Crippen LogP contribution in [0.2, 0.25) is 0 Å². The Morgan fingerprint density at radius 3 is 2.41 bits per heavy atom. The van der Waals surface area contributed by atoms with Crippen molar-refractivity contribution in [1.29, 1.82) is 0 Å². The molecular formula is C15H31Cl2N3O2. The molecule has 2 saturated heterocycles. The highest BCUT2D eigenvalue weighted by molar-refractivity contribution is 5.85. The first kappa shape index (κ1) is 21.9. The van der Waals surface area contributed by atoms with E-state index < -0.39 is 0 Å². The van der Waals surface area contributed by atoms with Gasteiger partial charge in [-0.05, 0) is 45.2 Å². The second-order valence-corrected chi connectivity index (χ2v) is 6.01. The van der Waals surface area contributed by atoms with E-state index in [9.17, 15) is 4.79 Å². The van der Waals surface area contributed by atoms with Crippen LogP contribution < -0.4 is 5.73 Å². The molecule has 0 bridgehead atoms. The molecule has 2 aliphatic heterocycles. The van der Waals surface area contributed by atoms with Crippen molar-refractivity contribution in [3.05, 3.63) is 0 Å². The number of carbonyl (C=O) groups is 1. The van der Waals surface area contributed by atoms with Crippen molar-refractivity contribution < 1.29 is 9.53 Å². The van der Waals surface area contributed by atoms with Crippen molar-refractivity contribution in [2.24, 2.45) is 5.73 Å². The fraction of sp³-hybridized carbons (Fsp3) is 0.933. The first-order valence-electron chi connectivity index (χ1n) is 7.99. The van der Waals surface area contributed by atoms with Crippen molar-refractivity contribution in [2.75, 3.05) is 39.8 Å². The average Bonchev–Trinajstić information content (AvgIpc) is 2.89. The summed E-state index contributed by atoms with van der Waals surface area (Å²) < 4.78 is 5.21. The molecular weight excluding hydrogens is 325 g/mol. The minimum atomic E-state index is -0.139. The van der Waals surface area contributed by atoms with Crippen molar-refractivity contribution in [3.8, 4) is 0 Å². The van der Waals surface area contributed by atoms with E-state index in [-0.39, 0.29) is 36.8 Å². The second kappa shape index (κ2) is 11.5. The minimum absolute atomic E-state index is 0. The SMILES string of the molecule is COC(CN)CC(=O)N1CCCC(N2CCCC2)CC1.Cl.Cl. The molecule has 22 heavy (non-hydrogen) atoms. The average molecular weight is 356 g/mol. The lowest BCUT2D eigenvalue weighted by Gasteiger charge is -2.26. The largest absolute Gasteiger partial charge is 0.380 e. The van der Waals surface area contributed by atoms with E-state index in [4.69, 9.17) is 10.5 Å². The second-order valence-electron chi connectivity index (χ2n) is 6.01. The quantitative estimate of drug-likeness (QED) is 0.814. The van der Waals surface area contributed by atoms with Gasteiger partial charge >= 0.3 is 0 Å². The first-order valence-corrected chi connectivity index (χ1v) is 7.99. The van der Waals surface area contributed by atoms with E-state index >= 15 is 0 Å². The molecule has 0 aromatic carbocycles. The van der Waals surface area contributed by atoms with Crippen LogP contribution in [0, 0.1) is 0 Å². The molecule has 0 aliphatic carbocycles. The van der Waals surface area contributed by atoms with E-state index in [1.165, 1.54) is 32.4 Å². The predicted octanol–water partition coefficient (Wildman–Crippen LogP) is 1.67. The Bertz CT molecular complexity index is 311. The van der Waals surface area contributed by atoms with Gasteiger partial charge in [0.25, 0.3) is 0 Å². The fourth-order valence-electron chi connectivity index (χ4n) is 3.39. The molecule has 0 spiro atoms. The number of nitrogens with two attached hydrogens (primary N) is 1. The molecule has 2 rings (SSSR count). The highest BCUT2D eigenvalue weighted by Crippen LogP contribution is 2.21. The number of hydrogen-bond acceptors (Lipinski definition) is 4. The van der Waals surface area contributed by atoms with E-state index in [0.717, 1.165) is 25.9 Å². The van der Waals surface area contributed by atoms with Crippen LogP contribution in [0.4, 0.5) is 0 Å². The standard InChI is InChI=1S/C15H29N3O2.2ClH/c1-20-14(12-16)11-15(19)18-9-4-5-13(6-10-18)17-7-2-3-8-17;;/h13-14H,2-12,16H2,1H3;2*1H. The van der Waals surface area contributed by atoms with Crippen LogP contribution in [0.5, 0.6) is 0 Å². The molecule has 5 nitrogen and oxygen atoms in total. The van der Waals surface area contributed by atoms with Gasteiger partial charge in [-0.1, -0.05) is 0 Å². The third-order valence-corrected chi connectivity index (χ3v) is 4.71. The number of amides is 1. The van der Waals surface area contributed by atoms with Gasteiger partial charge in [0, 0.05) is 32.8 Å². The van der Waals surface area contributed by atoms with Gasteiger partial charge in [0.15, 0.2) is 0 Å². The number of ether oxygens (including phenoxy) is 1. The molecule has 132 valence electrons. The third kappa shape index (κ3) is 6.20. The van der Waals surface area contributed by atoms with Crippen LogP contribution in [-0.2, 0) is 9.53 Å². The summed E-state index contributed by atoms with van der Waals surface area (Å²) in [6, 6.07) is 0.683. The Hall–Kier alpha value is -0.0700. The molecule has 1 amide bonds. The number of hydrogen-bond donors (Lipinski definition) is 1. The maximum absolute atomic E-state index is 12.3. The maximum Gasteiger partial charge on any atom is 0.225 e. The zero-order chi connectivity index (χ0) is 14.4. The number of carbonyl (C=O) groups excluding carboxylic acids is 1. The molecule has 0 saturated carbocycles. The van der Waals surface area contributed by atoms with Crippen LogP contribution >= 0.6 is 24.8 Å². The van der Waals surface area contributed by atoms with Gasteiger partial charge in [-0.2, -0.15) is 0 Å². The smallest absolute Gasteiger partial charge is 0.225 e. The number of rotatable bonds is 5. The molecule has 2 heterocycles. The van der Waals surface area contributed by atoms with Crippen molar-refractivity contribution in [3.63, 3.8) is 0 Å². The monoisotopic (exact) mass is 355 g/mol. The lowest BCUT2D eigenvalue weighted by molar-refractivity contribution is -0.133. The van der Waals surface area contributed by atoms with Crippen LogP contribution in [0.25, 0.3) is 0 Å². The number of nitrogens with zero attached hydrogens (tertiary/aromatic N) is 2. The lowest BCUT2D eigenvalue weighted by Crippen LogP contribution is -2.38. The summed E-state index contributed by atoms with van der Waals surface area (Å²) in [5.74, 6) is 0.198. The number of halogens is 2. The number of likely N-dealkylation sites (tertiary alicyclic amines) is 2. The molecule has 0 radical (unpaired) electrons. The minimum Gasteiger partial charge on any atom is -0.380 e. The molecule has 7 heteroatoms. The van der Waals surface area contributed by atoms with Crippen LogP contribution in [0.1, 0.15) is 38.5 Å². The number of methoxy groups -OCH3 is 1. The van der Waals surface area contributed by atoms with Gasteiger partial charge in [-0.25, -0.2) is 0 Å². The Morgan fingerprint density at radius 1 is 1.14 bits per heavy atom. The summed E-state index contributed by atoms with van der Waals surface area (Å²) in [4.78, 5) is 16.9. The van der Waals surface area contributed by atoms with Crippen LogP contribution in [0.3, 0.4) is 0 Å². The molecule has 2 unspecified atom stereocenters. The summed E-state index contributed by atoms with van der Waals surface area (Å²) in [5, 5.41) is 0. The summed E-state index contributed by atoms with van der Waals surface area (Å²) >= 11 is 0. The lowest BCUT2D eigenvalue weighted by atomic mass is 10.1. The fourth-order valence-corrected chi connectivity index (χ4v) is 3.39. The van der Waals surface area contributed by atoms with Gasteiger partial charge in [0.2, 0.25) is 5.91 Å². The zero-order valence-electron chi connectivity index (χ0n) is 13.5. The zero-order valence-corrected chi connectivity index (χ0v) is 15.2. The Kier molecular flexibility index (Phi) is 11.4. The molecule has 2 aliphatic rings. The molecule has 0 aromatic heterocycles. The third-order valence-electron chi connectivity index (χ3n) is 4.71. The summed E-state index contributed by atoms with van der Waals surface area (Å²) in [5.41, 5.74) is 5.59. The van der Waals surface area contributed by atoms with Gasteiger partial charge in [-0.15, -0.1) is 24.8 Å². The molecule has 2 atom stereocenters. The van der Waals surface area contributed by atoms with Gasteiger partial charge < -0.3 is 20.3 Å². The summed E-state index contributed by atoms with van der Waals surface area (Å²) in [6.07, 6.45) is 6.42. The highest BCUT2D eigenvalue weighted by Gasteiger charge is 2.26.